The first kappa shape index (κ1) is 22.8. The van der Waals surface area contributed by atoms with Crippen molar-refractivity contribution in [1.29, 1.82) is 0 Å². The fourth-order valence-electron chi connectivity index (χ4n) is 3.28. The van der Waals surface area contributed by atoms with Gasteiger partial charge in [0.25, 0.3) is 5.91 Å². The van der Waals surface area contributed by atoms with Crippen LogP contribution in [0.15, 0.2) is 41.3 Å². The van der Waals surface area contributed by atoms with E-state index >= 15 is 0 Å². The van der Waals surface area contributed by atoms with E-state index < -0.39 is 22.5 Å². The minimum absolute atomic E-state index is 0.0258. The number of rotatable bonds is 6. The number of halogens is 2. The fraction of sp³-hybridized carbons (Fsp3) is 0.350. The number of alkyl halides is 2. The molecule has 11 heteroatoms. The maximum Gasteiger partial charge on any atom is 0.387 e. The highest BCUT2D eigenvalue weighted by Gasteiger charge is 2.32. The number of benzene rings is 2. The fourth-order valence-corrected chi connectivity index (χ4v) is 4.87. The maximum absolute atomic E-state index is 12.9. The summed E-state index contributed by atoms with van der Waals surface area (Å²) in [4.78, 5) is 14.0. The first-order valence-corrected chi connectivity index (χ1v) is 10.8. The van der Waals surface area contributed by atoms with Crippen LogP contribution < -0.4 is 9.47 Å². The molecule has 0 atom stereocenters. The van der Waals surface area contributed by atoms with Gasteiger partial charge in [-0.15, -0.1) is 0 Å². The molecule has 3 rings (SSSR count). The van der Waals surface area contributed by atoms with Crippen LogP contribution in [0.3, 0.4) is 0 Å². The van der Waals surface area contributed by atoms with E-state index in [4.69, 9.17) is 4.74 Å². The third kappa shape index (κ3) is 4.88. The van der Waals surface area contributed by atoms with Crippen LogP contribution in [0.25, 0.3) is 0 Å². The summed E-state index contributed by atoms with van der Waals surface area (Å²) in [7, 11) is -2.64. The number of carbonyl (C=O) groups excluding carboxylic acids is 1. The lowest BCUT2D eigenvalue weighted by molar-refractivity contribution is -0.0512. The van der Waals surface area contributed by atoms with Crippen molar-refractivity contribution < 1.29 is 36.6 Å². The Kier molecular flexibility index (Phi) is 6.65. The highest BCUT2D eigenvalue weighted by Crippen LogP contribution is 2.31. The van der Waals surface area contributed by atoms with Gasteiger partial charge in [-0.3, -0.25) is 4.79 Å². The van der Waals surface area contributed by atoms with Gasteiger partial charge in [0.15, 0.2) is 11.5 Å². The first-order valence-electron chi connectivity index (χ1n) is 9.35. The molecule has 2 aromatic carbocycles. The number of methoxy groups -OCH3 is 1. The number of ether oxygens (including phenoxy) is 2. The first-order chi connectivity index (χ1) is 14.6. The molecular formula is C20H22F2N2O6S. The van der Waals surface area contributed by atoms with Gasteiger partial charge in [-0.1, -0.05) is 6.07 Å². The number of piperazine rings is 1. The number of phenols is 1. The zero-order valence-corrected chi connectivity index (χ0v) is 17.7. The van der Waals surface area contributed by atoms with Gasteiger partial charge < -0.3 is 19.5 Å². The van der Waals surface area contributed by atoms with E-state index in [1.807, 2.05) is 0 Å². The number of carbonyl (C=O) groups is 1. The van der Waals surface area contributed by atoms with Crippen LogP contribution in [0.4, 0.5) is 8.78 Å². The molecule has 1 N–H and O–H groups in total. The molecule has 8 nitrogen and oxygen atoms in total. The summed E-state index contributed by atoms with van der Waals surface area (Å²) >= 11 is 0. The molecule has 1 saturated heterocycles. The summed E-state index contributed by atoms with van der Waals surface area (Å²) in [5.41, 5.74) is 0.801. The molecule has 0 saturated carbocycles. The zero-order chi connectivity index (χ0) is 22.8. The summed E-state index contributed by atoms with van der Waals surface area (Å²) in [6, 6.07) is 8.27. The Labute approximate surface area is 178 Å². The molecule has 0 radical (unpaired) electrons. The number of nitrogens with zero attached hydrogens (tertiary/aromatic N) is 2. The van der Waals surface area contributed by atoms with Crippen LogP contribution in [0.1, 0.15) is 15.9 Å². The van der Waals surface area contributed by atoms with E-state index in [1.165, 1.54) is 46.6 Å². The molecule has 0 bridgehead atoms. The topological polar surface area (TPSA) is 96.4 Å². The van der Waals surface area contributed by atoms with Crippen molar-refractivity contribution in [2.75, 3.05) is 33.3 Å². The SMILES string of the molecule is COc1ccc(C(=O)N2CCN(S(=O)(=O)c3cc(C)ccc3O)CC2)cc1OC(F)F. The van der Waals surface area contributed by atoms with Gasteiger partial charge in [-0.2, -0.15) is 13.1 Å². The van der Waals surface area contributed by atoms with Crippen LogP contribution >= 0.6 is 0 Å². The van der Waals surface area contributed by atoms with Gasteiger partial charge in [0, 0.05) is 31.7 Å². The third-order valence-corrected chi connectivity index (χ3v) is 6.81. The molecule has 31 heavy (non-hydrogen) atoms. The molecule has 0 aliphatic carbocycles. The van der Waals surface area contributed by atoms with Crippen LogP contribution in [0.2, 0.25) is 0 Å². The number of sulfonamides is 1. The quantitative estimate of drug-likeness (QED) is 0.718. The zero-order valence-electron chi connectivity index (χ0n) is 16.9. The Bertz CT molecular complexity index is 1070. The van der Waals surface area contributed by atoms with Gasteiger partial charge in [-0.25, -0.2) is 8.42 Å². The van der Waals surface area contributed by atoms with Crippen LogP contribution in [-0.2, 0) is 10.0 Å². The molecule has 168 valence electrons. The van der Waals surface area contributed by atoms with E-state index in [9.17, 15) is 27.1 Å². The van der Waals surface area contributed by atoms with E-state index in [0.29, 0.717) is 5.56 Å². The minimum Gasteiger partial charge on any atom is -0.507 e. The van der Waals surface area contributed by atoms with E-state index in [-0.39, 0.29) is 53.9 Å². The summed E-state index contributed by atoms with van der Waals surface area (Å²) < 4.78 is 61.6. The van der Waals surface area contributed by atoms with Crippen molar-refractivity contribution >= 4 is 15.9 Å². The van der Waals surface area contributed by atoms with Crippen LogP contribution in [0, 0.1) is 6.92 Å². The van der Waals surface area contributed by atoms with Crippen molar-refractivity contribution in [3.8, 4) is 17.2 Å². The van der Waals surface area contributed by atoms with E-state index in [1.54, 1.807) is 13.0 Å². The van der Waals surface area contributed by atoms with Gasteiger partial charge in [0.2, 0.25) is 10.0 Å². The van der Waals surface area contributed by atoms with Gasteiger partial charge >= 0.3 is 6.61 Å². The number of aromatic hydroxyl groups is 1. The van der Waals surface area contributed by atoms with Crippen molar-refractivity contribution in [2.24, 2.45) is 0 Å². The molecule has 1 aliphatic rings. The Hall–Kier alpha value is -2.92. The van der Waals surface area contributed by atoms with Crippen molar-refractivity contribution in [2.45, 2.75) is 18.4 Å². The number of hydrogen-bond donors (Lipinski definition) is 1. The smallest absolute Gasteiger partial charge is 0.387 e. The van der Waals surface area contributed by atoms with E-state index in [0.717, 1.165) is 0 Å². The van der Waals surface area contributed by atoms with Crippen molar-refractivity contribution in [3.63, 3.8) is 0 Å². The maximum atomic E-state index is 12.9. The van der Waals surface area contributed by atoms with Gasteiger partial charge in [0.1, 0.15) is 10.6 Å². The molecule has 1 heterocycles. The lowest BCUT2D eigenvalue weighted by Gasteiger charge is -2.34. The summed E-state index contributed by atoms with van der Waals surface area (Å²) in [6.45, 7) is -1.11. The third-order valence-electron chi connectivity index (χ3n) is 4.89. The van der Waals surface area contributed by atoms with Gasteiger partial charge in [-0.05, 0) is 42.8 Å². The van der Waals surface area contributed by atoms with Gasteiger partial charge in [0.05, 0.1) is 7.11 Å². The molecule has 0 aromatic heterocycles. The van der Waals surface area contributed by atoms with Crippen LogP contribution in [0.5, 0.6) is 17.2 Å². The molecule has 1 amide bonds. The second-order valence-corrected chi connectivity index (χ2v) is 8.82. The predicted molar refractivity (Wildman–Crippen MR) is 107 cm³/mol. The lowest BCUT2D eigenvalue weighted by atomic mass is 10.1. The lowest BCUT2D eigenvalue weighted by Crippen LogP contribution is -2.50. The Morgan fingerprint density at radius 3 is 2.35 bits per heavy atom. The minimum atomic E-state index is -3.93. The number of phenolic OH excluding ortho intramolecular Hbond substituents is 1. The Morgan fingerprint density at radius 2 is 1.74 bits per heavy atom. The monoisotopic (exact) mass is 456 g/mol. The molecule has 0 unspecified atom stereocenters. The van der Waals surface area contributed by atoms with E-state index in [2.05, 4.69) is 4.74 Å². The van der Waals surface area contributed by atoms with Crippen molar-refractivity contribution in [3.05, 3.63) is 47.5 Å². The summed E-state index contributed by atoms with van der Waals surface area (Å²) in [6.07, 6.45) is 0. The second kappa shape index (κ2) is 9.06. The molecule has 2 aromatic rings. The molecule has 1 aliphatic heterocycles. The summed E-state index contributed by atoms with van der Waals surface area (Å²) in [5, 5.41) is 9.98. The number of amides is 1. The summed E-state index contributed by atoms with van der Waals surface area (Å²) in [5.74, 6) is -0.990. The Balaban J connectivity index is 1.73. The molecule has 1 fully saturated rings. The standard InChI is InChI=1S/C20H22F2N2O6S/c1-13-3-5-15(25)18(11-13)31(27,28)24-9-7-23(8-10-24)19(26)14-4-6-16(29-2)17(12-14)30-20(21)22/h3-6,11-12,20,25H,7-10H2,1-2H3. The highest BCUT2D eigenvalue weighted by atomic mass is 32.2. The number of aryl methyl sites for hydroxylation is 1. The highest BCUT2D eigenvalue weighted by molar-refractivity contribution is 7.89. The normalized spacial score (nSPS) is 15.2. The average molecular weight is 456 g/mol. The average Bonchev–Trinajstić information content (AvgIpc) is 2.74. The second-order valence-electron chi connectivity index (χ2n) is 6.91. The number of hydrogen-bond acceptors (Lipinski definition) is 6. The van der Waals surface area contributed by atoms with Crippen molar-refractivity contribution in [1.82, 2.24) is 9.21 Å². The van der Waals surface area contributed by atoms with Crippen LogP contribution in [-0.4, -0.2) is 68.5 Å². The predicted octanol–water partition coefficient (Wildman–Crippen LogP) is 2.46. The molecular weight excluding hydrogens is 434 g/mol. The largest absolute Gasteiger partial charge is 0.507 e. The molecule has 0 spiro atoms. The Morgan fingerprint density at radius 1 is 1.06 bits per heavy atom.